The van der Waals surface area contributed by atoms with Crippen molar-refractivity contribution in [2.24, 2.45) is 0 Å². The molecule has 0 saturated heterocycles. The third kappa shape index (κ3) is 3.95. The van der Waals surface area contributed by atoms with Crippen LogP contribution in [0.15, 0.2) is 65.6 Å². The molecule has 1 N–H and O–H groups in total. The second-order valence-corrected chi connectivity index (χ2v) is 10.9. The third-order valence-electron chi connectivity index (χ3n) is 5.76. The van der Waals surface area contributed by atoms with Crippen molar-refractivity contribution in [3.63, 3.8) is 0 Å². The molecule has 0 atom stereocenters. The number of fused-ring (bicyclic) bond motifs is 1. The van der Waals surface area contributed by atoms with E-state index in [1.165, 1.54) is 24.3 Å². The molecular formula is C26H23N3O4S. The highest BCUT2D eigenvalue weighted by Crippen LogP contribution is 2.36. The van der Waals surface area contributed by atoms with E-state index in [9.17, 15) is 23.3 Å². The Labute approximate surface area is 198 Å². The summed E-state index contributed by atoms with van der Waals surface area (Å²) in [5.41, 5.74) is 2.09. The van der Waals surface area contributed by atoms with Gasteiger partial charge in [-0.3, -0.25) is 14.3 Å². The molecule has 8 heteroatoms. The smallest absolute Gasteiger partial charge is 0.268 e. The Morgan fingerprint density at radius 1 is 0.912 bits per heavy atom. The summed E-state index contributed by atoms with van der Waals surface area (Å²) in [5.74, 6) is -1.22. The average Bonchev–Trinajstić information content (AvgIpc) is 3.06. The van der Waals surface area contributed by atoms with Crippen LogP contribution in [0.2, 0.25) is 0 Å². The van der Waals surface area contributed by atoms with Crippen LogP contribution in [0.25, 0.3) is 0 Å². The van der Waals surface area contributed by atoms with E-state index in [-0.39, 0.29) is 32.8 Å². The zero-order valence-corrected chi connectivity index (χ0v) is 20.0. The number of carbonyl (C=O) groups is 2. The van der Waals surface area contributed by atoms with Crippen LogP contribution in [0.1, 0.15) is 58.2 Å². The number of imide groups is 1. The van der Waals surface area contributed by atoms with Crippen LogP contribution in [0, 0.1) is 18.3 Å². The van der Waals surface area contributed by atoms with Gasteiger partial charge in [-0.15, -0.1) is 0 Å². The highest BCUT2D eigenvalue weighted by molar-refractivity contribution is 7.92. The molecule has 1 aliphatic rings. The highest BCUT2D eigenvalue weighted by Gasteiger charge is 2.40. The molecule has 0 aliphatic carbocycles. The first-order chi connectivity index (χ1) is 15.9. The Bertz CT molecular complexity index is 1480. The van der Waals surface area contributed by atoms with Gasteiger partial charge in [0.25, 0.3) is 21.8 Å². The Morgan fingerprint density at radius 2 is 1.56 bits per heavy atom. The quantitative estimate of drug-likeness (QED) is 0.550. The number of rotatable bonds is 4. The molecule has 3 aromatic rings. The van der Waals surface area contributed by atoms with Crippen molar-refractivity contribution in [3.8, 4) is 6.07 Å². The van der Waals surface area contributed by atoms with Crippen molar-refractivity contribution in [3.05, 3.63) is 88.5 Å². The molecule has 0 radical (unpaired) electrons. The van der Waals surface area contributed by atoms with E-state index < -0.39 is 21.8 Å². The lowest BCUT2D eigenvalue weighted by molar-refractivity contribution is 0.0926. The van der Waals surface area contributed by atoms with E-state index in [1.54, 1.807) is 43.3 Å². The summed E-state index contributed by atoms with van der Waals surface area (Å²) in [4.78, 5) is 27.6. The SMILES string of the molecule is Cc1ccc(NS(=O)(=O)c2ccc(C(C)(C)C)cc2)c2c1C(=O)N(c1cccc(C#N)c1)C2=O. The number of hydrogen-bond acceptors (Lipinski definition) is 5. The molecule has 4 rings (SSSR count). The van der Waals surface area contributed by atoms with Crippen LogP contribution in [0.5, 0.6) is 0 Å². The number of amides is 2. The normalized spacial score (nSPS) is 13.6. The van der Waals surface area contributed by atoms with Gasteiger partial charge < -0.3 is 0 Å². The molecule has 7 nitrogen and oxygen atoms in total. The fourth-order valence-electron chi connectivity index (χ4n) is 3.89. The monoisotopic (exact) mass is 473 g/mol. The molecule has 1 heterocycles. The number of nitrogens with zero attached hydrogens (tertiary/aromatic N) is 2. The van der Waals surface area contributed by atoms with E-state index in [0.717, 1.165) is 10.5 Å². The largest absolute Gasteiger partial charge is 0.279 e. The maximum atomic E-state index is 13.3. The van der Waals surface area contributed by atoms with Crippen molar-refractivity contribution in [2.75, 3.05) is 9.62 Å². The van der Waals surface area contributed by atoms with Gasteiger partial charge in [0.15, 0.2) is 0 Å². The molecule has 1 aliphatic heterocycles. The number of carbonyl (C=O) groups excluding carboxylic acids is 2. The first kappa shape index (κ1) is 23.2. The van der Waals surface area contributed by atoms with Gasteiger partial charge in [0, 0.05) is 0 Å². The maximum Gasteiger partial charge on any atom is 0.268 e. The summed E-state index contributed by atoms with van der Waals surface area (Å²) < 4.78 is 28.7. The number of sulfonamides is 1. The zero-order chi connectivity index (χ0) is 24.8. The summed E-state index contributed by atoms with van der Waals surface area (Å²) in [6, 6.07) is 17.8. The van der Waals surface area contributed by atoms with Crippen molar-refractivity contribution in [1.29, 1.82) is 5.26 Å². The maximum absolute atomic E-state index is 13.3. The van der Waals surface area contributed by atoms with Gasteiger partial charge in [-0.05, 0) is 59.9 Å². The summed E-state index contributed by atoms with van der Waals surface area (Å²) >= 11 is 0. The van der Waals surface area contributed by atoms with Crippen molar-refractivity contribution < 1.29 is 18.0 Å². The number of benzene rings is 3. The van der Waals surface area contributed by atoms with E-state index in [2.05, 4.69) is 4.72 Å². The van der Waals surface area contributed by atoms with Crippen LogP contribution in [-0.4, -0.2) is 20.2 Å². The van der Waals surface area contributed by atoms with E-state index in [4.69, 9.17) is 0 Å². The number of nitrogens with one attached hydrogen (secondary N) is 1. The predicted octanol–water partition coefficient (Wildman–Crippen LogP) is 4.77. The number of aryl methyl sites for hydroxylation is 1. The van der Waals surface area contributed by atoms with Crippen LogP contribution in [0.3, 0.4) is 0 Å². The highest BCUT2D eigenvalue weighted by atomic mass is 32.2. The lowest BCUT2D eigenvalue weighted by Gasteiger charge is -2.19. The lowest BCUT2D eigenvalue weighted by Crippen LogP contribution is -2.29. The van der Waals surface area contributed by atoms with Crippen LogP contribution < -0.4 is 9.62 Å². The van der Waals surface area contributed by atoms with Crippen LogP contribution in [0.4, 0.5) is 11.4 Å². The average molecular weight is 474 g/mol. The fraction of sp³-hybridized carbons (Fsp3) is 0.192. The van der Waals surface area contributed by atoms with Gasteiger partial charge in [-0.1, -0.05) is 45.0 Å². The first-order valence-electron chi connectivity index (χ1n) is 10.6. The second kappa shape index (κ2) is 8.12. The number of nitriles is 1. The summed E-state index contributed by atoms with van der Waals surface area (Å²) in [6.45, 7) is 7.78. The Morgan fingerprint density at radius 3 is 2.18 bits per heavy atom. The second-order valence-electron chi connectivity index (χ2n) is 9.17. The lowest BCUT2D eigenvalue weighted by atomic mass is 9.87. The molecule has 3 aromatic carbocycles. The van der Waals surface area contributed by atoms with Crippen LogP contribution in [-0.2, 0) is 15.4 Å². The Kier molecular flexibility index (Phi) is 5.54. The molecule has 0 bridgehead atoms. The summed E-state index contributed by atoms with van der Waals surface area (Å²) in [7, 11) is -4.02. The molecule has 0 saturated carbocycles. The molecule has 0 fully saturated rings. The van der Waals surface area contributed by atoms with Crippen LogP contribution >= 0.6 is 0 Å². The molecular weight excluding hydrogens is 450 g/mol. The van der Waals surface area contributed by atoms with Gasteiger partial charge in [0.05, 0.1) is 39.0 Å². The minimum atomic E-state index is -4.02. The summed E-state index contributed by atoms with van der Waals surface area (Å²) in [5, 5.41) is 9.18. The number of anilines is 2. The Hall–Kier alpha value is -3.96. The fourth-order valence-corrected chi connectivity index (χ4v) is 4.96. The van der Waals surface area contributed by atoms with Crippen molar-refractivity contribution in [1.82, 2.24) is 0 Å². The van der Waals surface area contributed by atoms with E-state index >= 15 is 0 Å². The molecule has 172 valence electrons. The van der Waals surface area contributed by atoms with Gasteiger partial charge in [-0.2, -0.15) is 5.26 Å². The van der Waals surface area contributed by atoms with E-state index in [1.807, 2.05) is 26.8 Å². The van der Waals surface area contributed by atoms with Crippen molar-refractivity contribution >= 4 is 33.2 Å². The molecule has 0 spiro atoms. The zero-order valence-electron chi connectivity index (χ0n) is 19.2. The molecule has 0 aromatic heterocycles. The van der Waals surface area contributed by atoms with Gasteiger partial charge in [0.1, 0.15) is 0 Å². The summed E-state index contributed by atoms with van der Waals surface area (Å²) in [6.07, 6.45) is 0. The molecule has 34 heavy (non-hydrogen) atoms. The number of hydrogen-bond donors (Lipinski definition) is 1. The minimum absolute atomic E-state index is 0.0118. The molecule has 2 amide bonds. The van der Waals surface area contributed by atoms with Gasteiger partial charge >= 0.3 is 0 Å². The topological polar surface area (TPSA) is 107 Å². The Balaban J connectivity index is 1.74. The van der Waals surface area contributed by atoms with Gasteiger partial charge in [0.2, 0.25) is 0 Å². The van der Waals surface area contributed by atoms with Crippen molar-refractivity contribution in [2.45, 2.75) is 38.0 Å². The first-order valence-corrected chi connectivity index (χ1v) is 12.1. The standard InChI is InChI=1S/C26H23N3O4S/c1-16-8-13-21(28-34(32,33)20-11-9-18(10-12-20)26(2,3)4)23-22(16)24(30)29(25(23)31)19-7-5-6-17(14-19)15-27/h5-14,28H,1-4H3. The predicted molar refractivity (Wildman–Crippen MR) is 129 cm³/mol. The molecule has 0 unspecified atom stereocenters. The van der Waals surface area contributed by atoms with E-state index in [0.29, 0.717) is 11.1 Å². The van der Waals surface area contributed by atoms with Gasteiger partial charge in [-0.25, -0.2) is 13.3 Å². The third-order valence-corrected chi connectivity index (χ3v) is 7.14. The minimum Gasteiger partial charge on any atom is -0.279 e.